The summed E-state index contributed by atoms with van der Waals surface area (Å²) in [5, 5.41) is 13.4. The molecule has 22 heavy (non-hydrogen) atoms. The maximum Gasteiger partial charge on any atom is 0.229 e. The largest absolute Gasteiger partial charge is 0.300 e. The number of nitrogens with zero attached hydrogens (tertiary/aromatic N) is 2. The molecule has 1 amide bonds. The van der Waals surface area contributed by atoms with E-state index in [-0.39, 0.29) is 11.8 Å². The molecule has 2 aromatic rings. The summed E-state index contributed by atoms with van der Waals surface area (Å²) >= 11 is 7.31. The quantitative estimate of drug-likeness (QED) is 0.906. The molecule has 3 rings (SSSR count). The Morgan fingerprint density at radius 1 is 1.18 bits per heavy atom. The molecule has 0 bridgehead atoms. The smallest absolute Gasteiger partial charge is 0.229 e. The summed E-state index contributed by atoms with van der Waals surface area (Å²) in [6.45, 7) is 0. The second-order valence-electron chi connectivity index (χ2n) is 5.63. The third kappa shape index (κ3) is 4.05. The first kappa shape index (κ1) is 15.4. The number of halogens is 1. The van der Waals surface area contributed by atoms with E-state index in [1.54, 1.807) is 0 Å². The predicted molar refractivity (Wildman–Crippen MR) is 89.4 cm³/mol. The predicted octanol–water partition coefficient (Wildman–Crippen LogP) is 4.30. The van der Waals surface area contributed by atoms with Crippen LogP contribution in [0.25, 0.3) is 0 Å². The minimum absolute atomic E-state index is 0.0916. The standard InChI is InChI=1S/C16H18ClN3OS/c17-13-8-6-11(7-9-13)10-14-19-20-16(22-14)18-15(21)12-4-2-1-3-5-12/h6-9,12H,1-5,10H2,(H,18,20,21). The van der Waals surface area contributed by atoms with Crippen LogP contribution >= 0.6 is 22.9 Å². The van der Waals surface area contributed by atoms with Crippen LogP contribution in [0.5, 0.6) is 0 Å². The Kier molecular flexibility index (Phi) is 5.05. The molecule has 1 aromatic heterocycles. The first-order valence-electron chi connectivity index (χ1n) is 7.58. The van der Waals surface area contributed by atoms with Gasteiger partial charge in [-0.25, -0.2) is 0 Å². The number of amides is 1. The normalized spacial score (nSPS) is 15.7. The van der Waals surface area contributed by atoms with Crippen molar-refractivity contribution in [2.75, 3.05) is 5.32 Å². The number of carbonyl (C=O) groups is 1. The van der Waals surface area contributed by atoms with Gasteiger partial charge in [0.2, 0.25) is 11.0 Å². The summed E-state index contributed by atoms with van der Waals surface area (Å²) in [4.78, 5) is 12.2. The fourth-order valence-electron chi connectivity index (χ4n) is 2.72. The molecule has 1 N–H and O–H groups in total. The zero-order valence-corrected chi connectivity index (χ0v) is 13.8. The SMILES string of the molecule is O=C(Nc1nnc(Cc2ccc(Cl)cc2)s1)C1CCCCC1. The first-order valence-corrected chi connectivity index (χ1v) is 8.78. The highest BCUT2D eigenvalue weighted by Crippen LogP contribution is 2.26. The molecule has 0 aliphatic heterocycles. The van der Waals surface area contributed by atoms with Gasteiger partial charge in [-0.15, -0.1) is 10.2 Å². The van der Waals surface area contributed by atoms with Crippen LogP contribution < -0.4 is 5.32 Å². The number of benzene rings is 1. The number of hydrogen-bond donors (Lipinski definition) is 1. The molecule has 1 aliphatic rings. The van der Waals surface area contributed by atoms with E-state index in [4.69, 9.17) is 11.6 Å². The number of rotatable bonds is 4. The van der Waals surface area contributed by atoms with Crippen molar-refractivity contribution in [3.63, 3.8) is 0 Å². The van der Waals surface area contributed by atoms with Gasteiger partial charge in [-0.05, 0) is 30.5 Å². The number of carbonyl (C=O) groups excluding carboxylic acids is 1. The van der Waals surface area contributed by atoms with Crippen molar-refractivity contribution in [2.24, 2.45) is 5.92 Å². The van der Waals surface area contributed by atoms with Crippen LogP contribution in [0.2, 0.25) is 5.02 Å². The van der Waals surface area contributed by atoms with E-state index in [1.807, 2.05) is 24.3 Å². The Bertz CT molecular complexity index is 635. The van der Waals surface area contributed by atoms with Gasteiger partial charge >= 0.3 is 0 Å². The van der Waals surface area contributed by atoms with E-state index in [9.17, 15) is 4.79 Å². The molecule has 0 unspecified atom stereocenters. The van der Waals surface area contributed by atoms with Crippen LogP contribution in [-0.4, -0.2) is 16.1 Å². The average molecular weight is 336 g/mol. The number of hydrogen-bond acceptors (Lipinski definition) is 4. The van der Waals surface area contributed by atoms with Gasteiger partial charge in [0.05, 0.1) is 0 Å². The zero-order valence-electron chi connectivity index (χ0n) is 12.2. The van der Waals surface area contributed by atoms with E-state index in [2.05, 4.69) is 15.5 Å². The van der Waals surface area contributed by atoms with E-state index >= 15 is 0 Å². The number of anilines is 1. The van der Waals surface area contributed by atoms with Crippen molar-refractivity contribution >= 4 is 34.0 Å². The molecular formula is C16H18ClN3OS. The number of nitrogens with one attached hydrogen (secondary N) is 1. The second kappa shape index (κ2) is 7.20. The highest BCUT2D eigenvalue weighted by molar-refractivity contribution is 7.15. The summed E-state index contributed by atoms with van der Waals surface area (Å²) in [6, 6.07) is 7.68. The lowest BCUT2D eigenvalue weighted by molar-refractivity contribution is -0.120. The van der Waals surface area contributed by atoms with Crippen LogP contribution in [0.4, 0.5) is 5.13 Å². The van der Waals surface area contributed by atoms with Crippen LogP contribution in [-0.2, 0) is 11.2 Å². The van der Waals surface area contributed by atoms with Crippen LogP contribution in [0.3, 0.4) is 0 Å². The van der Waals surface area contributed by atoms with Crippen molar-refractivity contribution in [1.29, 1.82) is 0 Å². The lowest BCUT2D eigenvalue weighted by Crippen LogP contribution is -2.24. The van der Waals surface area contributed by atoms with E-state index in [1.165, 1.54) is 17.8 Å². The molecule has 0 spiro atoms. The molecule has 1 aliphatic carbocycles. The Balaban J connectivity index is 1.58. The fraction of sp³-hybridized carbons (Fsp3) is 0.438. The lowest BCUT2D eigenvalue weighted by Gasteiger charge is -2.19. The summed E-state index contributed by atoms with van der Waals surface area (Å²) < 4.78 is 0. The maximum absolute atomic E-state index is 12.2. The van der Waals surface area contributed by atoms with Gasteiger partial charge in [-0.1, -0.05) is 54.3 Å². The molecule has 0 radical (unpaired) electrons. The fourth-order valence-corrected chi connectivity index (χ4v) is 3.63. The molecule has 1 saturated carbocycles. The van der Waals surface area contributed by atoms with Crippen molar-refractivity contribution in [2.45, 2.75) is 38.5 Å². The zero-order chi connectivity index (χ0) is 15.4. The minimum Gasteiger partial charge on any atom is -0.300 e. The molecule has 4 nitrogen and oxygen atoms in total. The Labute approximate surface area is 138 Å². The molecule has 1 fully saturated rings. The minimum atomic E-state index is 0.0916. The summed E-state index contributed by atoms with van der Waals surface area (Å²) in [6.07, 6.45) is 6.22. The van der Waals surface area contributed by atoms with Crippen molar-refractivity contribution < 1.29 is 4.79 Å². The van der Waals surface area contributed by atoms with E-state index < -0.39 is 0 Å². The maximum atomic E-state index is 12.2. The molecule has 6 heteroatoms. The van der Waals surface area contributed by atoms with Crippen LogP contribution in [0.1, 0.15) is 42.7 Å². The molecule has 0 saturated heterocycles. The van der Waals surface area contributed by atoms with Crippen LogP contribution in [0, 0.1) is 5.92 Å². The van der Waals surface area contributed by atoms with Gasteiger partial charge in [0.15, 0.2) is 0 Å². The molecule has 116 valence electrons. The van der Waals surface area contributed by atoms with Gasteiger partial charge in [-0.3, -0.25) is 4.79 Å². The van der Waals surface area contributed by atoms with Gasteiger partial charge in [0.25, 0.3) is 0 Å². The topological polar surface area (TPSA) is 54.9 Å². The van der Waals surface area contributed by atoms with Gasteiger partial charge in [-0.2, -0.15) is 0 Å². The van der Waals surface area contributed by atoms with Gasteiger partial charge < -0.3 is 5.32 Å². The average Bonchev–Trinajstić information content (AvgIpc) is 2.97. The monoisotopic (exact) mass is 335 g/mol. The second-order valence-corrected chi connectivity index (χ2v) is 7.13. The van der Waals surface area contributed by atoms with Gasteiger partial charge in [0.1, 0.15) is 5.01 Å². The van der Waals surface area contributed by atoms with Crippen molar-refractivity contribution in [1.82, 2.24) is 10.2 Å². The van der Waals surface area contributed by atoms with Crippen molar-refractivity contribution in [3.05, 3.63) is 39.9 Å². The third-order valence-corrected chi connectivity index (χ3v) is 5.03. The molecule has 1 aromatic carbocycles. The number of aromatic nitrogens is 2. The highest BCUT2D eigenvalue weighted by Gasteiger charge is 2.22. The summed E-state index contributed by atoms with van der Waals surface area (Å²) in [5.74, 6) is 0.228. The van der Waals surface area contributed by atoms with Crippen molar-refractivity contribution in [3.8, 4) is 0 Å². The third-order valence-electron chi connectivity index (χ3n) is 3.94. The Morgan fingerprint density at radius 2 is 1.91 bits per heavy atom. The van der Waals surface area contributed by atoms with E-state index in [0.29, 0.717) is 11.6 Å². The van der Waals surface area contributed by atoms with Crippen LogP contribution in [0.15, 0.2) is 24.3 Å². The lowest BCUT2D eigenvalue weighted by atomic mass is 9.89. The first-order chi connectivity index (χ1) is 10.7. The molecule has 1 heterocycles. The summed E-state index contributed by atoms with van der Waals surface area (Å²) in [7, 11) is 0. The highest BCUT2D eigenvalue weighted by atomic mass is 35.5. The molecular weight excluding hydrogens is 318 g/mol. The summed E-state index contributed by atoms with van der Waals surface area (Å²) in [5.41, 5.74) is 1.13. The van der Waals surface area contributed by atoms with Gasteiger partial charge in [0, 0.05) is 17.4 Å². The Hall–Kier alpha value is -1.46. The molecule has 0 atom stereocenters. The van der Waals surface area contributed by atoms with E-state index in [0.717, 1.165) is 41.3 Å². The Morgan fingerprint density at radius 3 is 2.64 bits per heavy atom.